The van der Waals surface area contributed by atoms with E-state index in [-0.39, 0.29) is 22.7 Å². The predicted octanol–water partition coefficient (Wildman–Crippen LogP) is 6.77. The molecule has 1 heterocycles. The molecule has 4 rings (SSSR count). The summed E-state index contributed by atoms with van der Waals surface area (Å²) < 4.78 is 6.13. The first-order chi connectivity index (χ1) is 15.4. The molecule has 0 bridgehead atoms. The Labute approximate surface area is 214 Å². The van der Waals surface area contributed by atoms with Crippen molar-refractivity contribution in [2.75, 3.05) is 6.61 Å². The van der Waals surface area contributed by atoms with Gasteiger partial charge in [-0.3, -0.25) is 0 Å². The lowest BCUT2D eigenvalue weighted by Gasteiger charge is -2.53. The fourth-order valence-electron chi connectivity index (χ4n) is 6.68. The number of rotatable bonds is 4. The Bertz CT molecular complexity index is 953. The van der Waals surface area contributed by atoms with Crippen molar-refractivity contribution in [1.29, 1.82) is 0 Å². The van der Waals surface area contributed by atoms with E-state index in [4.69, 9.17) is 4.74 Å². The quantitative estimate of drug-likeness (QED) is 0.303. The number of hydrogen-bond donors (Lipinski definition) is 2. The molecule has 2 aliphatic carbocycles. The number of aromatic carboxylic acids is 1. The third-order valence-electron chi connectivity index (χ3n) is 9.00. The number of halogens is 2. The lowest BCUT2D eigenvalue weighted by Crippen LogP contribution is -2.52. The van der Waals surface area contributed by atoms with Crippen LogP contribution in [-0.4, -0.2) is 38.0 Å². The van der Waals surface area contributed by atoms with E-state index in [1.165, 1.54) is 5.57 Å². The number of benzene rings is 1. The Morgan fingerprint density at radius 1 is 1.18 bits per heavy atom. The molecule has 0 amide bonds. The summed E-state index contributed by atoms with van der Waals surface area (Å²) in [6.45, 7) is 9.51. The number of fused-ring (bicyclic) bond motifs is 2. The van der Waals surface area contributed by atoms with Gasteiger partial charge in [0.15, 0.2) is 0 Å². The molecule has 182 valence electrons. The Kier molecular flexibility index (Phi) is 6.87. The maximum atomic E-state index is 11.6. The SMILES string of the molecule is CC1(C)[C@@H](Br)CC[C@](C)(O)[C@H]1CC[C@@]1(C)[C@@H]2Cc3cc(C(=O)O)ccc3OCC2=CC[C@@H]1Br. The summed E-state index contributed by atoms with van der Waals surface area (Å²) in [4.78, 5) is 12.3. The van der Waals surface area contributed by atoms with E-state index in [0.29, 0.717) is 21.8 Å². The monoisotopic (exact) mass is 582 g/mol. The molecule has 1 aromatic carbocycles. The minimum atomic E-state index is -0.909. The van der Waals surface area contributed by atoms with E-state index in [0.717, 1.165) is 49.8 Å². The second-order valence-corrected chi connectivity index (χ2v) is 13.6. The summed E-state index contributed by atoms with van der Waals surface area (Å²) in [6.07, 6.45) is 7.78. The van der Waals surface area contributed by atoms with Crippen LogP contribution in [0.1, 0.15) is 75.7 Å². The summed E-state index contributed by atoms with van der Waals surface area (Å²) in [6, 6.07) is 5.21. The summed E-state index contributed by atoms with van der Waals surface area (Å²) in [5, 5.41) is 20.8. The van der Waals surface area contributed by atoms with Crippen molar-refractivity contribution < 1.29 is 19.7 Å². The molecule has 1 saturated carbocycles. The van der Waals surface area contributed by atoms with Crippen LogP contribution in [0.15, 0.2) is 29.8 Å². The number of alkyl halides is 2. The molecular formula is C27H36Br2O4. The maximum Gasteiger partial charge on any atom is 0.335 e. The van der Waals surface area contributed by atoms with E-state index in [9.17, 15) is 15.0 Å². The van der Waals surface area contributed by atoms with Gasteiger partial charge >= 0.3 is 5.97 Å². The van der Waals surface area contributed by atoms with Crippen molar-refractivity contribution in [2.45, 2.75) is 81.5 Å². The van der Waals surface area contributed by atoms with Crippen LogP contribution >= 0.6 is 31.9 Å². The first-order valence-electron chi connectivity index (χ1n) is 12.0. The number of hydrogen-bond acceptors (Lipinski definition) is 3. The third-order valence-corrected chi connectivity index (χ3v) is 12.1. The molecular weight excluding hydrogens is 548 g/mol. The van der Waals surface area contributed by atoms with Crippen molar-refractivity contribution >= 4 is 37.8 Å². The predicted molar refractivity (Wildman–Crippen MR) is 139 cm³/mol. The van der Waals surface area contributed by atoms with E-state index in [1.54, 1.807) is 18.2 Å². The number of carboxylic acids is 1. The number of aliphatic hydroxyl groups is 1. The lowest BCUT2D eigenvalue weighted by atomic mass is 9.57. The highest BCUT2D eigenvalue weighted by atomic mass is 79.9. The molecule has 0 saturated heterocycles. The van der Waals surface area contributed by atoms with Crippen LogP contribution in [0, 0.1) is 22.7 Å². The van der Waals surface area contributed by atoms with Gasteiger partial charge in [-0.15, -0.1) is 0 Å². The standard InChI is InChI=1S/C27H36Br2O4/c1-25(2)21(27(4,32)12-10-22(25)28)9-11-26(3)19-14-18-13-16(24(30)31)5-7-20(18)33-15-17(19)6-8-23(26)29/h5-7,13,19,21-23,32H,8-12,14-15H2,1-4H3,(H,30,31)/t19-,21+,22+,23+,26+,27+/m1/s1. The van der Waals surface area contributed by atoms with Gasteiger partial charge in [0.2, 0.25) is 0 Å². The highest BCUT2D eigenvalue weighted by Gasteiger charge is 2.52. The molecule has 6 atom stereocenters. The zero-order chi connectivity index (χ0) is 24.2. The molecule has 1 fully saturated rings. The highest BCUT2D eigenvalue weighted by molar-refractivity contribution is 9.09. The fourth-order valence-corrected chi connectivity index (χ4v) is 7.96. The fraction of sp³-hybridized carbons (Fsp3) is 0.667. The minimum absolute atomic E-state index is 0.00279. The molecule has 33 heavy (non-hydrogen) atoms. The van der Waals surface area contributed by atoms with Crippen LogP contribution in [0.25, 0.3) is 0 Å². The van der Waals surface area contributed by atoms with Gasteiger partial charge in [0, 0.05) is 9.65 Å². The molecule has 1 aliphatic heterocycles. The molecule has 6 heteroatoms. The number of carboxylic acid groups (broad SMARTS) is 1. The zero-order valence-corrected chi connectivity index (χ0v) is 23.2. The van der Waals surface area contributed by atoms with Crippen molar-refractivity contribution in [1.82, 2.24) is 0 Å². The molecule has 1 aromatic rings. The smallest absolute Gasteiger partial charge is 0.335 e. The number of carbonyl (C=O) groups is 1. The summed E-state index contributed by atoms with van der Waals surface area (Å²) in [7, 11) is 0. The number of allylic oxidation sites excluding steroid dienone is 1. The van der Waals surface area contributed by atoms with Crippen molar-refractivity contribution in [3.05, 3.63) is 41.0 Å². The molecule has 0 radical (unpaired) electrons. The second kappa shape index (κ2) is 8.98. The topological polar surface area (TPSA) is 66.8 Å². The normalized spacial score (nSPS) is 37.7. The summed E-state index contributed by atoms with van der Waals surface area (Å²) in [5.41, 5.74) is 1.90. The van der Waals surface area contributed by atoms with E-state index in [1.807, 2.05) is 6.92 Å². The van der Waals surface area contributed by atoms with Gasteiger partial charge in [-0.05, 0) is 97.5 Å². The Balaban J connectivity index is 1.64. The molecule has 2 N–H and O–H groups in total. The van der Waals surface area contributed by atoms with Crippen LogP contribution in [0.5, 0.6) is 5.75 Å². The van der Waals surface area contributed by atoms with E-state index in [2.05, 4.69) is 58.7 Å². The number of ether oxygens (including phenoxy) is 1. The zero-order valence-electron chi connectivity index (χ0n) is 20.0. The second-order valence-electron chi connectivity index (χ2n) is 11.4. The van der Waals surface area contributed by atoms with Crippen LogP contribution in [0.3, 0.4) is 0 Å². The molecule has 3 aliphatic rings. The van der Waals surface area contributed by atoms with Gasteiger partial charge in [-0.1, -0.05) is 58.7 Å². The highest BCUT2D eigenvalue weighted by Crippen LogP contribution is 2.56. The summed E-state index contributed by atoms with van der Waals surface area (Å²) >= 11 is 7.92. The van der Waals surface area contributed by atoms with Gasteiger partial charge in [-0.2, -0.15) is 0 Å². The van der Waals surface area contributed by atoms with Crippen LogP contribution < -0.4 is 4.74 Å². The summed E-state index contributed by atoms with van der Waals surface area (Å²) in [5.74, 6) is 0.343. The Morgan fingerprint density at radius 2 is 1.91 bits per heavy atom. The van der Waals surface area contributed by atoms with Gasteiger partial charge in [0.1, 0.15) is 12.4 Å². The van der Waals surface area contributed by atoms with Crippen molar-refractivity contribution in [3.63, 3.8) is 0 Å². The molecule has 0 spiro atoms. The van der Waals surface area contributed by atoms with Gasteiger partial charge in [0.05, 0.1) is 11.2 Å². The first kappa shape index (κ1) is 25.2. The van der Waals surface area contributed by atoms with Crippen LogP contribution in [0.2, 0.25) is 0 Å². The van der Waals surface area contributed by atoms with Gasteiger partial charge < -0.3 is 14.9 Å². The van der Waals surface area contributed by atoms with Gasteiger partial charge in [-0.25, -0.2) is 4.79 Å². The van der Waals surface area contributed by atoms with E-state index >= 15 is 0 Å². The van der Waals surface area contributed by atoms with Gasteiger partial charge in [0.25, 0.3) is 0 Å². The molecule has 0 unspecified atom stereocenters. The molecule has 4 nitrogen and oxygen atoms in total. The van der Waals surface area contributed by atoms with Crippen LogP contribution in [0.4, 0.5) is 0 Å². The molecule has 0 aromatic heterocycles. The maximum absolute atomic E-state index is 11.6. The Hall–Kier alpha value is -0.850. The van der Waals surface area contributed by atoms with Crippen molar-refractivity contribution in [3.8, 4) is 5.75 Å². The van der Waals surface area contributed by atoms with E-state index < -0.39 is 11.6 Å². The average molecular weight is 584 g/mol. The lowest BCUT2D eigenvalue weighted by molar-refractivity contribution is -0.0929. The largest absolute Gasteiger partial charge is 0.489 e. The first-order valence-corrected chi connectivity index (χ1v) is 13.9. The third kappa shape index (κ3) is 4.56. The average Bonchev–Trinajstić information content (AvgIpc) is 2.93. The Morgan fingerprint density at radius 3 is 2.61 bits per heavy atom. The van der Waals surface area contributed by atoms with Crippen LogP contribution in [-0.2, 0) is 6.42 Å². The van der Waals surface area contributed by atoms with Crippen molar-refractivity contribution in [2.24, 2.45) is 22.7 Å². The minimum Gasteiger partial charge on any atom is -0.489 e.